The molecular weight excluding hydrogens is 259 g/mol. The van der Waals surface area contributed by atoms with E-state index in [1.165, 1.54) is 0 Å². The van der Waals surface area contributed by atoms with Gasteiger partial charge >= 0.3 is 0 Å². The van der Waals surface area contributed by atoms with Crippen molar-refractivity contribution in [3.05, 3.63) is 41.9 Å². The molecule has 17 heavy (non-hydrogen) atoms. The molecule has 0 aliphatic heterocycles. The molecule has 0 spiro atoms. The second kappa shape index (κ2) is 5.21. The summed E-state index contributed by atoms with van der Waals surface area (Å²) in [5.41, 5.74) is 7.07. The molecule has 0 radical (unpaired) electrons. The molecule has 0 fully saturated rings. The van der Waals surface area contributed by atoms with E-state index < -0.39 is 0 Å². The highest BCUT2D eigenvalue weighted by molar-refractivity contribution is 6.32. The van der Waals surface area contributed by atoms with Crippen molar-refractivity contribution in [2.45, 2.75) is 0 Å². The number of halogens is 2. The largest absolute Gasteiger partial charge is 0.386 e. The number of hydrogen-bond acceptors (Lipinski definition) is 2. The van der Waals surface area contributed by atoms with Crippen LogP contribution in [0.2, 0.25) is 5.02 Å². The van der Waals surface area contributed by atoms with Crippen LogP contribution in [0.15, 0.2) is 41.9 Å². The molecule has 1 aromatic carbocycles. The van der Waals surface area contributed by atoms with Crippen LogP contribution in [0.3, 0.4) is 0 Å². The van der Waals surface area contributed by atoms with Crippen LogP contribution in [-0.2, 0) is 0 Å². The first-order valence-corrected chi connectivity index (χ1v) is 5.79. The average molecular weight is 269 g/mol. The molecule has 0 saturated heterocycles. The van der Waals surface area contributed by atoms with E-state index in [0.717, 1.165) is 5.69 Å². The Morgan fingerprint density at radius 2 is 2.29 bits per heavy atom. The lowest BCUT2D eigenvalue weighted by Crippen LogP contribution is -2.12. The Bertz CT molecular complexity index is 534. The lowest BCUT2D eigenvalue weighted by Gasteiger charge is -2.05. The van der Waals surface area contributed by atoms with Crippen molar-refractivity contribution in [3.8, 4) is 5.69 Å². The van der Waals surface area contributed by atoms with Gasteiger partial charge in [0.15, 0.2) is 0 Å². The number of benzene rings is 1. The first-order valence-electron chi connectivity index (χ1n) is 4.87. The second-order valence-corrected chi connectivity index (χ2v) is 4.02. The van der Waals surface area contributed by atoms with Crippen molar-refractivity contribution in [2.24, 2.45) is 10.7 Å². The Morgan fingerprint density at radius 3 is 2.88 bits per heavy atom. The summed E-state index contributed by atoms with van der Waals surface area (Å²) in [5, 5.41) is 0.576. The van der Waals surface area contributed by atoms with Gasteiger partial charge in [0.1, 0.15) is 5.84 Å². The third-order valence-corrected chi connectivity index (χ3v) is 2.70. The highest BCUT2D eigenvalue weighted by atomic mass is 35.5. The van der Waals surface area contributed by atoms with Gasteiger partial charge in [0.2, 0.25) is 0 Å². The Hall–Kier alpha value is -1.52. The molecule has 2 aromatic rings. The van der Waals surface area contributed by atoms with Crippen LogP contribution in [0.1, 0.15) is 0 Å². The molecule has 6 heteroatoms. The summed E-state index contributed by atoms with van der Waals surface area (Å²) < 4.78 is 1.82. The molecule has 0 bridgehead atoms. The molecular formula is C11H10Cl2N4. The van der Waals surface area contributed by atoms with Crippen LogP contribution in [0.5, 0.6) is 0 Å². The summed E-state index contributed by atoms with van der Waals surface area (Å²) in [7, 11) is 0. The van der Waals surface area contributed by atoms with Crippen molar-refractivity contribution < 1.29 is 0 Å². The second-order valence-electron chi connectivity index (χ2n) is 3.34. The van der Waals surface area contributed by atoms with Gasteiger partial charge < -0.3 is 10.3 Å². The number of nitrogens with two attached hydrogens (primary N) is 1. The fourth-order valence-electron chi connectivity index (χ4n) is 1.37. The average Bonchev–Trinajstić information content (AvgIpc) is 2.82. The molecule has 0 aliphatic rings. The van der Waals surface area contributed by atoms with Crippen LogP contribution in [0, 0.1) is 0 Å². The summed E-state index contributed by atoms with van der Waals surface area (Å²) in [5.74, 6) is 0.555. The normalized spacial score (nSPS) is 11.8. The first-order chi connectivity index (χ1) is 8.20. The van der Waals surface area contributed by atoms with E-state index in [0.29, 0.717) is 16.5 Å². The minimum Gasteiger partial charge on any atom is -0.386 e. The maximum absolute atomic E-state index is 6.16. The zero-order chi connectivity index (χ0) is 12.3. The van der Waals surface area contributed by atoms with Crippen LogP contribution >= 0.6 is 23.2 Å². The smallest absolute Gasteiger partial charge is 0.115 e. The van der Waals surface area contributed by atoms with E-state index in [2.05, 4.69) is 9.98 Å². The molecule has 4 nitrogen and oxygen atoms in total. The number of aromatic nitrogens is 2. The monoisotopic (exact) mass is 268 g/mol. The Morgan fingerprint density at radius 1 is 1.47 bits per heavy atom. The standard InChI is InChI=1S/C11H10Cl2N4/c12-6-11(14)16-8-1-2-10(9(13)5-8)17-4-3-15-7-17/h1-5,7H,6H2,(H2,14,16). The van der Waals surface area contributed by atoms with E-state index in [1.807, 2.05) is 22.9 Å². The third kappa shape index (κ3) is 2.78. The summed E-state index contributed by atoms with van der Waals surface area (Å²) in [6.45, 7) is 0. The van der Waals surface area contributed by atoms with Gasteiger partial charge in [-0.2, -0.15) is 0 Å². The van der Waals surface area contributed by atoms with Crippen LogP contribution in [0.4, 0.5) is 5.69 Å². The Kier molecular flexibility index (Phi) is 3.66. The van der Waals surface area contributed by atoms with Crippen LogP contribution < -0.4 is 5.73 Å². The van der Waals surface area contributed by atoms with E-state index in [4.69, 9.17) is 28.9 Å². The predicted molar refractivity (Wildman–Crippen MR) is 70.6 cm³/mol. The van der Waals surface area contributed by atoms with E-state index in [-0.39, 0.29) is 5.88 Å². The molecule has 0 saturated carbocycles. The number of alkyl halides is 1. The van der Waals surface area contributed by atoms with Gasteiger partial charge in [-0.05, 0) is 18.2 Å². The number of imidazole rings is 1. The van der Waals surface area contributed by atoms with Gasteiger partial charge in [-0.3, -0.25) is 0 Å². The molecule has 0 aliphatic carbocycles. The summed E-state index contributed by atoms with van der Waals surface area (Å²) >= 11 is 11.7. The van der Waals surface area contributed by atoms with Crippen molar-refractivity contribution in [1.82, 2.24) is 9.55 Å². The Labute approximate surface area is 109 Å². The molecule has 0 amide bonds. The molecule has 88 valence electrons. The highest BCUT2D eigenvalue weighted by Crippen LogP contribution is 2.25. The maximum Gasteiger partial charge on any atom is 0.115 e. The van der Waals surface area contributed by atoms with Crippen molar-refractivity contribution in [3.63, 3.8) is 0 Å². The number of rotatable bonds is 3. The first kappa shape index (κ1) is 12.0. The van der Waals surface area contributed by atoms with E-state index in [1.54, 1.807) is 18.6 Å². The predicted octanol–water partition coefficient (Wildman–Crippen LogP) is 2.75. The molecule has 2 N–H and O–H groups in total. The van der Waals surface area contributed by atoms with Gasteiger partial charge in [-0.25, -0.2) is 9.98 Å². The van der Waals surface area contributed by atoms with E-state index >= 15 is 0 Å². The lowest BCUT2D eigenvalue weighted by molar-refractivity contribution is 1.06. The van der Waals surface area contributed by atoms with Gasteiger partial charge in [0.25, 0.3) is 0 Å². The summed E-state index contributed by atoms with van der Waals surface area (Å²) in [6, 6.07) is 5.40. The van der Waals surface area contributed by atoms with Gasteiger partial charge in [-0.15, -0.1) is 11.6 Å². The SMILES string of the molecule is NC(CCl)=Nc1ccc(-n2ccnc2)c(Cl)c1. The van der Waals surface area contributed by atoms with Gasteiger partial charge in [0, 0.05) is 12.4 Å². The number of hydrogen-bond donors (Lipinski definition) is 1. The fraction of sp³-hybridized carbons (Fsp3) is 0.0909. The fourth-order valence-corrected chi connectivity index (χ4v) is 1.70. The topological polar surface area (TPSA) is 56.2 Å². The highest BCUT2D eigenvalue weighted by Gasteiger charge is 2.03. The van der Waals surface area contributed by atoms with Gasteiger partial charge in [0.05, 0.1) is 28.6 Å². The van der Waals surface area contributed by atoms with Crippen molar-refractivity contribution >= 4 is 34.7 Å². The number of amidine groups is 1. The van der Waals surface area contributed by atoms with Crippen LogP contribution in [0.25, 0.3) is 5.69 Å². The number of nitrogens with zero attached hydrogens (tertiary/aromatic N) is 3. The molecule has 1 aromatic heterocycles. The molecule has 0 atom stereocenters. The van der Waals surface area contributed by atoms with E-state index in [9.17, 15) is 0 Å². The lowest BCUT2D eigenvalue weighted by atomic mass is 10.3. The zero-order valence-electron chi connectivity index (χ0n) is 8.85. The van der Waals surface area contributed by atoms with Crippen molar-refractivity contribution in [2.75, 3.05) is 5.88 Å². The molecule has 2 rings (SSSR count). The summed E-state index contributed by atoms with van der Waals surface area (Å²) in [4.78, 5) is 8.08. The minimum absolute atomic E-state index is 0.195. The minimum atomic E-state index is 0.195. The van der Waals surface area contributed by atoms with Crippen molar-refractivity contribution in [1.29, 1.82) is 0 Å². The third-order valence-electron chi connectivity index (χ3n) is 2.12. The maximum atomic E-state index is 6.16. The molecule has 0 unspecified atom stereocenters. The summed E-state index contributed by atoms with van der Waals surface area (Å²) in [6.07, 6.45) is 5.18. The van der Waals surface area contributed by atoms with Gasteiger partial charge in [-0.1, -0.05) is 11.6 Å². The molecule has 1 heterocycles. The Balaban J connectivity index is 2.36. The number of aliphatic imine (C=N–C) groups is 1. The van der Waals surface area contributed by atoms with Crippen LogP contribution in [-0.4, -0.2) is 21.3 Å². The quantitative estimate of drug-likeness (QED) is 0.529. The zero-order valence-corrected chi connectivity index (χ0v) is 10.4.